The zero-order valence-corrected chi connectivity index (χ0v) is 18.0. The highest BCUT2D eigenvalue weighted by Crippen LogP contribution is 2.18. The zero-order chi connectivity index (χ0) is 21.9. The van der Waals surface area contributed by atoms with Crippen LogP contribution in [0.2, 0.25) is 0 Å². The van der Waals surface area contributed by atoms with Crippen LogP contribution in [0.5, 0.6) is 5.75 Å². The number of guanidine groups is 1. The summed E-state index contributed by atoms with van der Waals surface area (Å²) in [6.07, 6.45) is 0. The van der Waals surface area contributed by atoms with Crippen molar-refractivity contribution in [3.8, 4) is 5.75 Å². The van der Waals surface area contributed by atoms with Gasteiger partial charge in [0.2, 0.25) is 0 Å². The average Bonchev–Trinajstić information content (AvgIpc) is 2.74. The van der Waals surface area contributed by atoms with Gasteiger partial charge in [-0.25, -0.2) is 4.39 Å². The molecule has 0 saturated carbocycles. The van der Waals surface area contributed by atoms with E-state index in [0.29, 0.717) is 31.6 Å². The molecule has 2 rings (SSSR count). The van der Waals surface area contributed by atoms with Gasteiger partial charge in [0.15, 0.2) is 5.96 Å². The summed E-state index contributed by atoms with van der Waals surface area (Å²) in [6.45, 7) is 7.75. The van der Waals surface area contributed by atoms with Gasteiger partial charge in [-0.3, -0.25) is 9.79 Å². The van der Waals surface area contributed by atoms with Crippen LogP contribution in [0.25, 0.3) is 0 Å². The van der Waals surface area contributed by atoms with Crippen LogP contribution in [0, 0.1) is 11.7 Å². The van der Waals surface area contributed by atoms with Crippen LogP contribution in [-0.4, -0.2) is 38.6 Å². The van der Waals surface area contributed by atoms with Crippen molar-refractivity contribution in [2.75, 3.05) is 26.7 Å². The minimum Gasteiger partial charge on any atom is -0.493 e. The molecule has 1 amide bonds. The number of nitrogens with zero attached hydrogens (tertiary/aromatic N) is 1. The summed E-state index contributed by atoms with van der Waals surface area (Å²) in [5.74, 6) is 0.979. The molecule has 2 aromatic rings. The number of amides is 1. The van der Waals surface area contributed by atoms with Gasteiger partial charge in [-0.2, -0.15) is 0 Å². The van der Waals surface area contributed by atoms with Crippen molar-refractivity contribution in [1.82, 2.24) is 16.0 Å². The minimum atomic E-state index is -0.533. The Morgan fingerprint density at radius 3 is 2.33 bits per heavy atom. The molecule has 1 unspecified atom stereocenters. The molecule has 0 saturated heterocycles. The van der Waals surface area contributed by atoms with E-state index in [9.17, 15) is 9.18 Å². The topological polar surface area (TPSA) is 74.8 Å². The Morgan fingerprint density at radius 2 is 1.70 bits per heavy atom. The summed E-state index contributed by atoms with van der Waals surface area (Å²) < 4.78 is 19.3. The van der Waals surface area contributed by atoms with Crippen molar-refractivity contribution in [1.29, 1.82) is 0 Å². The Kier molecular flexibility index (Phi) is 9.12. The molecular formula is C23H31FN4O2. The molecule has 7 heteroatoms. The van der Waals surface area contributed by atoms with Crippen LogP contribution < -0.4 is 20.7 Å². The summed E-state index contributed by atoms with van der Waals surface area (Å²) in [5, 5.41) is 9.14. The first-order chi connectivity index (χ1) is 14.4. The largest absolute Gasteiger partial charge is 0.493 e. The Morgan fingerprint density at radius 1 is 1.03 bits per heavy atom. The molecule has 0 heterocycles. The predicted octanol–water partition coefficient (Wildman–Crippen LogP) is 3.52. The van der Waals surface area contributed by atoms with E-state index in [-0.39, 0.29) is 11.6 Å². The summed E-state index contributed by atoms with van der Waals surface area (Å²) >= 11 is 0. The van der Waals surface area contributed by atoms with Crippen molar-refractivity contribution in [3.05, 3.63) is 65.5 Å². The van der Waals surface area contributed by atoms with E-state index in [2.05, 4.69) is 34.8 Å². The lowest BCUT2D eigenvalue weighted by Gasteiger charge is -2.19. The van der Waals surface area contributed by atoms with Crippen molar-refractivity contribution >= 4 is 11.9 Å². The molecule has 0 aromatic heterocycles. The highest BCUT2D eigenvalue weighted by atomic mass is 19.1. The van der Waals surface area contributed by atoms with Gasteiger partial charge in [0, 0.05) is 20.1 Å². The molecule has 30 heavy (non-hydrogen) atoms. The molecule has 1 atom stereocenters. The van der Waals surface area contributed by atoms with Gasteiger partial charge in [0.25, 0.3) is 5.91 Å². The van der Waals surface area contributed by atoms with Gasteiger partial charge in [-0.05, 0) is 42.7 Å². The number of rotatable bonds is 9. The monoisotopic (exact) mass is 414 g/mol. The Hall–Kier alpha value is -3.09. The van der Waals surface area contributed by atoms with Gasteiger partial charge in [-0.15, -0.1) is 0 Å². The van der Waals surface area contributed by atoms with E-state index < -0.39 is 11.7 Å². The number of benzene rings is 2. The number of aliphatic imine (C=N–C) groups is 1. The van der Waals surface area contributed by atoms with Gasteiger partial charge in [-0.1, -0.05) is 38.1 Å². The molecule has 0 aliphatic rings. The first-order valence-electron chi connectivity index (χ1n) is 10.1. The zero-order valence-electron chi connectivity index (χ0n) is 18.0. The highest BCUT2D eigenvalue weighted by molar-refractivity contribution is 5.94. The molecule has 0 bridgehead atoms. The number of nitrogens with one attached hydrogen (secondary N) is 3. The fourth-order valence-corrected chi connectivity index (χ4v) is 2.70. The molecule has 0 spiro atoms. The smallest absolute Gasteiger partial charge is 0.254 e. The van der Waals surface area contributed by atoms with Crippen LogP contribution in [0.1, 0.15) is 42.7 Å². The molecule has 3 N–H and O–H groups in total. The maximum absolute atomic E-state index is 13.6. The summed E-state index contributed by atoms with van der Waals surface area (Å²) in [4.78, 5) is 16.2. The fourth-order valence-electron chi connectivity index (χ4n) is 2.70. The van der Waals surface area contributed by atoms with Crippen molar-refractivity contribution < 1.29 is 13.9 Å². The molecular weight excluding hydrogens is 383 g/mol. The molecule has 2 aromatic carbocycles. The van der Waals surface area contributed by atoms with Crippen LogP contribution in [0.4, 0.5) is 4.39 Å². The predicted molar refractivity (Wildman–Crippen MR) is 118 cm³/mol. The Balaban J connectivity index is 1.77. The fraction of sp³-hybridized carbons (Fsp3) is 0.391. The van der Waals surface area contributed by atoms with E-state index in [4.69, 9.17) is 4.74 Å². The van der Waals surface area contributed by atoms with Crippen LogP contribution in [-0.2, 0) is 0 Å². The maximum Gasteiger partial charge on any atom is 0.254 e. The van der Waals surface area contributed by atoms with Crippen LogP contribution in [0.15, 0.2) is 53.5 Å². The van der Waals surface area contributed by atoms with E-state index in [0.717, 1.165) is 11.3 Å². The number of ether oxygens (including phenoxy) is 1. The highest BCUT2D eigenvalue weighted by Gasteiger charge is 2.11. The Labute approximate surface area is 177 Å². The quantitative estimate of drug-likeness (QED) is 0.333. The number of carbonyl (C=O) groups is 1. The van der Waals surface area contributed by atoms with Crippen LogP contribution >= 0.6 is 0 Å². The van der Waals surface area contributed by atoms with Crippen molar-refractivity contribution in [2.45, 2.75) is 26.8 Å². The summed E-state index contributed by atoms with van der Waals surface area (Å²) in [7, 11) is 1.68. The third-order valence-electron chi connectivity index (χ3n) is 4.36. The number of hydrogen-bond donors (Lipinski definition) is 3. The normalized spacial score (nSPS) is 12.4. The van der Waals surface area contributed by atoms with E-state index >= 15 is 0 Å². The average molecular weight is 415 g/mol. The lowest BCUT2D eigenvalue weighted by Crippen LogP contribution is -2.42. The SMILES string of the molecule is CN=C(NCCNC(=O)c1ccccc1F)NC(C)c1ccc(OCC(C)C)cc1. The number of halogens is 1. The standard InChI is InChI=1S/C23H31FN4O2/c1-16(2)15-30-19-11-9-18(10-12-19)17(3)28-23(25-4)27-14-13-26-22(29)20-7-5-6-8-21(20)24/h5-12,16-17H,13-15H2,1-4H3,(H,26,29)(H2,25,27,28). The second kappa shape index (κ2) is 11.8. The van der Waals surface area contributed by atoms with Gasteiger partial charge in [0.1, 0.15) is 11.6 Å². The van der Waals surface area contributed by atoms with Crippen LogP contribution in [0.3, 0.4) is 0 Å². The molecule has 0 radical (unpaired) electrons. The van der Waals surface area contributed by atoms with Gasteiger partial charge < -0.3 is 20.7 Å². The number of carbonyl (C=O) groups excluding carboxylic acids is 1. The number of hydrogen-bond acceptors (Lipinski definition) is 3. The van der Waals surface area contributed by atoms with E-state index in [1.165, 1.54) is 12.1 Å². The second-order valence-corrected chi connectivity index (χ2v) is 7.37. The van der Waals surface area contributed by atoms with Gasteiger partial charge in [0.05, 0.1) is 18.2 Å². The Bertz CT molecular complexity index is 837. The summed E-state index contributed by atoms with van der Waals surface area (Å²) in [5.41, 5.74) is 1.14. The maximum atomic E-state index is 13.6. The molecule has 0 aliphatic carbocycles. The second-order valence-electron chi connectivity index (χ2n) is 7.37. The van der Waals surface area contributed by atoms with Gasteiger partial charge >= 0.3 is 0 Å². The first kappa shape index (κ1) is 23.2. The molecule has 0 aliphatic heterocycles. The summed E-state index contributed by atoms with van der Waals surface area (Å²) in [6, 6.07) is 13.9. The van der Waals surface area contributed by atoms with E-state index in [1.807, 2.05) is 31.2 Å². The molecule has 0 fully saturated rings. The minimum absolute atomic E-state index is 0.0309. The first-order valence-corrected chi connectivity index (χ1v) is 10.1. The third-order valence-corrected chi connectivity index (χ3v) is 4.36. The lowest BCUT2D eigenvalue weighted by atomic mass is 10.1. The van der Waals surface area contributed by atoms with Crippen molar-refractivity contribution in [2.24, 2.45) is 10.9 Å². The molecule has 6 nitrogen and oxygen atoms in total. The lowest BCUT2D eigenvalue weighted by molar-refractivity contribution is 0.0950. The third kappa shape index (κ3) is 7.39. The molecule has 162 valence electrons. The van der Waals surface area contributed by atoms with E-state index in [1.54, 1.807) is 19.2 Å². The van der Waals surface area contributed by atoms with Crippen molar-refractivity contribution in [3.63, 3.8) is 0 Å².